The lowest BCUT2D eigenvalue weighted by Gasteiger charge is -2.17. The number of hydrogen-bond donors (Lipinski definition) is 1. The van der Waals surface area contributed by atoms with Gasteiger partial charge >= 0.3 is 0 Å². The van der Waals surface area contributed by atoms with Gasteiger partial charge in [0.15, 0.2) is 0 Å². The Kier molecular flexibility index (Phi) is 2.28. The Bertz CT molecular complexity index is 124. The van der Waals surface area contributed by atoms with Crippen LogP contribution in [0.3, 0.4) is 0 Å². The van der Waals surface area contributed by atoms with Gasteiger partial charge in [0.05, 0.1) is 0 Å². The molecule has 9 heavy (non-hydrogen) atoms. The van der Waals surface area contributed by atoms with Gasteiger partial charge < -0.3 is 0 Å². The maximum Gasteiger partial charge on any atom is 0.235 e. The van der Waals surface area contributed by atoms with Crippen LogP contribution in [0.5, 0.6) is 0 Å². The molecule has 0 aromatic rings. The third-order valence-electron chi connectivity index (χ3n) is 1.65. The highest BCUT2D eigenvalue weighted by molar-refractivity contribution is 7.58. The third kappa shape index (κ3) is 1.78. The molecule has 0 unspecified atom stereocenters. The quantitative estimate of drug-likeness (QED) is 0.353. The van der Waals surface area contributed by atoms with Crippen molar-refractivity contribution in [3.8, 4) is 0 Å². The van der Waals surface area contributed by atoms with E-state index in [9.17, 15) is 4.57 Å². The van der Waals surface area contributed by atoms with Crippen LogP contribution in [0.2, 0.25) is 0 Å². The van der Waals surface area contributed by atoms with Crippen molar-refractivity contribution in [1.82, 2.24) is 0 Å². The topological polar surface area (TPSA) is 46.5 Å². The molecule has 1 rings (SSSR count). The fraction of sp³-hybridized carbons (Fsp3) is 1.00. The zero-order chi connectivity index (χ0) is 6.74. The molecule has 0 radical (unpaired) electrons. The van der Waals surface area contributed by atoms with Gasteiger partial charge in [-0.25, -0.2) is 5.26 Å². The molecule has 0 bridgehead atoms. The van der Waals surface area contributed by atoms with E-state index in [2.05, 4.69) is 4.67 Å². The molecule has 0 amide bonds. The minimum Gasteiger partial charge on any atom is -0.290 e. The maximum atomic E-state index is 11.1. The fourth-order valence-corrected chi connectivity index (χ4v) is 2.87. The summed E-state index contributed by atoms with van der Waals surface area (Å²) in [6.07, 6.45) is 4.09. The molecule has 1 aliphatic heterocycles. The summed E-state index contributed by atoms with van der Waals surface area (Å²) in [6.45, 7) is 0. The average molecular weight is 150 g/mol. The van der Waals surface area contributed by atoms with Crippen LogP contribution in [-0.4, -0.2) is 17.6 Å². The molecule has 0 spiro atoms. The molecular weight excluding hydrogens is 139 g/mol. The van der Waals surface area contributed by atoms with Gasteiger partial charge in [-0.2, -0.15) is 4.67 Å². The van der Waals surface area contributed by atoms with Gasteiger partial charge in [-0.05, 0) is 12.8 Å². The normalized spacial score (nSPS) is 25.9. The average Bonchev–Trinajstić information content (AvgIpc) is 1.90. The van der Waals surface area contributed by atoms with Crippen LogP contribution in [-0.2, 0) is 9.24 Å². The Hall–Kier alpha value is 0.150. The van der Waals surface area contributed by atoms with E-state index in [-0.39, 0.29) is 0 Å². The predicted molar refractivity (Wildman–Crippen MR) is 34.9 cm³/mol. The first-order valence-corrected chi connectivity index (χ1v) is 5.18. The zero-order valence-electron chi connectivity index (χ0n) is 5.25. The van der Waals surface area contributed by atoms with E-state index in [1.54, 1.807) is 0 Å². The van der Waals surface area contributed by atoms with Crippen molar-refractivity contribution in [2.75, 3.05) is 12.3 Å². The summed E-state index contributed by atoms with van der Waals surface area (Å²) in [6, 6.07) is 0. The van der Waals surface area contributed by atoms with Crippen LogP contribution < -0.4 is 0 Å². The standard InChI is InChI=1S/C5H11O3P/c6-8-9(7)4-2-1-3-5-9/h6H,1-5H2. The number of hydrogen-bond acceptors (Lipinski definition) is 3. The Labute approximate surface area is 54.4 Å². The van der Waals surface area contributed by atoms with Crippen LogP contribution >= 0.6 is 7.37 Å². The van der Waals surface area contributed by atoms with Gasteiger partial charge in [0.25, 0.3) is 0 Å². The van der Waals surface area contributed by atoms with E-state index < -0.39 is 7.37 Å². The monoisotopic (exact) mass is 150 g/mol. The van der Waals surface area contributed by atoms with Gasteiger partial charge in [-0.1, -0.05) is 6.42 Å². The summed E-state index contributed by atoms with van der Waals surface area (Å²) in [5.41, 5.74) is 0. The zero-order valence-corrected chi connectivity index (χ0v) is 6.14. The van der Waals surface area contributed by atoms with Gasteiger partial charge in [0, 0.05) is 12.3 Å². The second-order valence-electron chi connectivity index (χ2n) is 2.40. The van der Waals surface area contributed by atoms with E-state index in [1.165, 1.54) is 0 Å². The lowest BCUT2D eigenvalue weighted by Crippen LogP contribution is -2.04. The molecule has 0 atom stereocenters. The molecule has 1 aliphatic rings. The molecular formula is C5H11O3P. The third-order valence-corrected chi connectivity index (χ3v) is 3.94. The highest BCUT2D eigenvalue weighted by atomic mass is 31.2. The van der Waals surface area contributed by atoms with Crippen LogP contribution in [0.25, 0.3) is 0 Å². The molecule has 0 aromatic heterocycles. The highest BCUT2D eigenvalue weighted by Crippen LogP contribution is 2.50. The molecule has 3 nitrogen and oxygen atoms in total. The van der Waals surface area contributed by atoms with Crippen molar-refractivity contribution >= 4 is 7.37 Å². The smallest absolute Gasteiger partial charge is 0.235 e. The summed E-state index contributed by atoms with van der Waals surface area (Å²) >= 11 is 0. The lowest BCUT2D eigenvalue weighted by atomic mass is 10.3. The summed E-state index contributed by atoms with van der Waals surface area (Å²) < 4.78 is 15.1. The summed E-state index contributed by atoms with van der Waals surface area (Å²) in [4.78, 5) is 0. The molecule has 1 heterocycles. The van der Waals surface area contributed by atoms with Crippen LogP contribution in [0.1, 0.15) is 19.3 Å². The van der Waals surface area contributed by atoms with Gasteiger partial charge in [0.2, 0.25) is 7.37 Å². The molecule has 0 aromatic carbocycles. The van der Waals surface area contributed by atoms with Gasteiger partial charge in [-0.15, -0.1) is 0 Å². The molecule has 0 saturated carbocycles. The summed E-state index contributed by atoms with van der Waals surface area (Å²) in [7, 11) is -2.54. The Morgan fingerprint density at radius 1 is 1.22 bits per heavy atom. The molecule has 1 fully saturated rings. The van der Waals surface area contributed by atoms with E-state index in [1.807, 2.05) is 0 Å². The Morgan fingerprint density at radius 3 is 2.11 bits per heavy atom. The minimum atomic E-state index is -2.54. The minimum absolute atomic E-state index is 0.559. The number of rotatable bonds is 1. The van der Waals surface area contributed by atoms with Crippen LogP contribution in [0.4, 0.5) is 0 Å². The Morgan fingerprint density at radius 2 is 1.78 bits per heavy atom. The van der Waals surface area contributed by atoms with E-state index in [0.717, 1.165) is 19.3 Å². The lowest BCUT2D eigenvalue weighted by molar-refractivity contribution is -0.136. The van der Waals surface area contributed by atoms with Crippen molar-refractivity contribution in [2.45, 2.75) is 19.3 Å². The maximum absolute atomic E-state index is 11.1. The van der Waals surface area contributed by atoms with E-state index in [0.29, 0.717) is 12.3 Å². The summed E-state index contributed by atoms with van der Waals surface area (Å²) in [5.74, 6) is 0. The van der Waals surface area contributed by atoms with Crippen molar-refractivity contribution in [1.29, 1.82) is 0 Å². The first kappa shape index (κ1) is 7.26. The second kappa shape index (κ2) is 2.82. The van der Waals surface area contributed by atoms with Gasteiger partial charge in [0.1, 0.15) is 0 Å². The molecule has 4 heteroatoms. The van der Waals surface area contributed by atoms with E-state index in [4.69, 9.17) is 5.26 Å². The van der Waals surface area contributed by atoms with Crippen molar-refractivity contribution < 1.29 is 14.5 Å². The SMILES string of the molecule is O=P1(OO)CCCCC1. The van der Waals surface area contributed by atoms with Crippen LogP contribution in [0, 0.1) is 0 Å². The van der Waals surface area contributed by atoms with Crippen molar-refractivity contribution in [2.24, 2.45) is 0 Å². The predicted octanol–water partition coefficient (Wildman–Crippen LogP) is 1.94. The highest BCUT2D eigenvalue weighted by Gasteiger charge is 2.25. The second-order valence-corrected chi connectivity index (χ2v) is 5.09. The van der Waals surface area contributed by atoms with E-state index >= 15 is 0 Å². The van der Waals surface area contributed by atoms with Crippen molar-refractivity contribution in [3.63, 3.8) is 0 Å². The van der Waals surface area contributed by atoms with Crippen LogP contribution in [0.15, 0.2) is 0 Å². The first-order chi connectivity index (χ1) is 4.27. The summed E-state index contributed by atoms with van der Waals surface area (Å²) in [5, 5.41) is 8.19. The fourth-order valence-electron chi connectivity index (χ4n) is 1.08. The molecule has 1 saturated heterocycles. The molecule has 54 valence electrons. The van der Waals surface area contributed by atoms with Crippen molar-refractivity contribution in [3.05, 3.63) is 0 Å². The first-order valence-electron chi connectivity index (χ1n) is 3.18. The Balaban J connectivity index is 2.47. The van der Waals surface area contributed by atoms with Gasteiger partial charge in [-0.3, -0.25) is 4.57 Å². The largest absolute Gasteiger partial charge is 0.290 e. The molecule has 1 N–H and O–H groups in total. The molecule has 0 aliphatic carbocycles.